The van der Waals surface area contributed by atoms with Crippen molar-refractivity contribution in [2.24, 2.45) is 11.7 Å². The number of rotatable bonds is 10. The second-order valence-electron chi connectivity index (χ2n) is 4.09. The van der Waals surface area contributed by atoms with Crippen molar-refractivity contribution in [3.63, 3.8) is 0 Å². The lowest BCUT2D eigenvalue weighted by atomic mass is 10.00. The maximum atomic E-state index is 11.4. The minimum atomic E-state index is -0.0217. The number of hydrogen-bond acceptors (Lipinski definition) is 3. The summed E-state index contributed by atoms with van der Waals surface area (Å²) in [4.78, 5) is 11.4. The maximum absolute atomic E-state index is 11.4. The van der Waals surface area contributed by atoms with Crippen LogP contribution in [0.2, 0.25) is 0 Å². The Labute approximate surface area is 98.9 Å². The third-order valence-corrected chi connectivity index (χ3v) is 2.44. The van der Waals surface area contributed by atoms with Gasteiger partial charge in [0.2, 0.25) is 5.91 Å². The molecule has 0 saturated heterocycles. The predicted molar refractivity (Wildman–Crippen MR) is 66.2 cm³/mol. The standard InChI is InChI=1S/C12H26N2O2/c1-3-5-11(6-7-13)9-14-12(15)10-16-8-4-2/h11H,3-10,13H2,1-2H3,(H,14,15). The fraction of sp³-hybridized carbons (Fsp3) is 0.917. The fourth-order valence-electron chi connectivity index (χ4n) is 1.61. The summed E-state index contributed by atoms with van der Waals surface area (Å²) in [5, 5.41) is 2.89. The molecule has 1 amide bonds. The molecule has 0 bridgehead atoms. The van der Waals surface area contributed by atoms with Crippen molar-refractivity contribution < 1.29 is 9.53 Å². The zero-order valence-corrected chi connectivity index (χ0v) is 10.6. The molecule has 1 atom stereocenters. The van der Waals surface area contributed by atoms with E-state index in [4.69, 9.17) is 10.5 Å². The molecule has 0 spiro atoms. The van der Waals surface area contributed by atoms with E-state index in [1.807, 2.05) is 6.92 Å². The lowest BCUT2D eigenvalue weighted by Gasteiger charge is -2.15. The van der Waals surface area contributed by atoms with Crippen molar-refractivity contribution in [1.82, 2.24) is 5.32 Å². The molecule has 96 valence electrons. The maximum Gasteiger partial charge on any atom is 0.246 e. The van der Waals surface area contributed by atoms with Crippen LogP contribution in [0.25, 0.3) is 0 Å². The summed E-state index contributed by atoms with van der Waals surface area (Å²) < 4.78 is 5.16. The van der Waals surface area contributed by atoms with Gasteiger partial charge in [0.05, 0.1) is 0 Å². The van der Waals surface area contributed by atoms with Gasteiger partial charge in [-0.3, -0.25) is 4.79 Å². The molecule has 0 rings (SSSR count). The van der Waals surface area contributed by atoms with Gasteiger partial charge in [0.15, 0.2) is 0 Å². The topological polar surface area (TPSA) is 64.3 Å². The van der Waals surface area contributed by atoms with Crippen molar-refractivity contribution in [1.29, 1.82) is 0 Å². The number of amides is 1. The Hall–Kier alpha value is -0.610. The molecule has 0 radical (unpaired) electrons. The predicted octanol–water partition coefficient (Wildman–Crippen LogP) is 1.29. The van der Waals surface area contributed by atoms with Gasteiger partial charge in [0, 0.05) is 13.2 Å². The lowest BCUT2D eigenvalue weighted by Crippen LogP contribution is -2.33. The van der Waals surface area contributed by atoms with Gasteiger partial charge in [-0.1, -0.05) is 20.3 Å². The first-order valence-electron chi connectivity index (χ1n) is 6.29. The normalized spacial score (nSPS) is 12.4. The van der Waals surface area contributed by atoms with Crippen LogP contribution < -0.4 is 11.1 Å². The minimum Gasteiger partial charge on any atom is -0.372 e. The van der Waals surface area contributed by atoms with Crippen molar-refractivity contribution >= 4 is 5.91 Å². The summed E-state index contributed by atoms with van der Waals surface area (Å²) in [6, 6.07) is 0. The summed E-state index contributed by atoms with van der Waals surface area (Å²) in [5.74, 6) is 0.483. The van der Waals surface area contributed by atoms with E-state index < -0.39 is 0 Å². The first-order chi connectivity index (χ1) is 7.74. The SMILES string of the molecule is CCCOCC(=O)NCC(CCC)CCN. The molecule has 0 aromatic carbocycles. The molecule has 4 nitrogen and oxygen atoms in total. The first-order valence-corrected chi connectivity index (χ1v) is 6.29. The Bertz CT molecular complexity index is 168. The van der Waals surface area contributed by atoms with Crippen LogP contribution in [0.15, 0.2) is 0 Å². The second-order valence-corrected chi connectivity index (χ2v) is 4.09. The molecule has 0 aromatic rings. The highest BCUT2D eigenvalue weighted by Crippen LogP contribution is 2.08. The summed E-state index contributed by atoms with van der Waals surface area (Å²) in [6.07, 6.45) is 4.17. The van der Waals surface area contributed by atoms with E-state index >= 15 is 0 Å². The fourth-order valence-corrected chi connectivity index (χ4v) is 1.61. The summed E-state index contributed by atoms with van der Waals surface area (Å²) in [5.41, 5.74) is 5.53. The van der Waals surface area contributed by atoms with Gasteiger partial charge in [-0.15, -0.1) is 0 Å². The van der Waals surface area contributed by atoms with E-state index in [-0.39, 0.29) is 12.5 Å². The molecular formula is C12H26N2O2. The van der Waals surface area contributed by atoms with Gasteiger partial charge < -0.3 is 15.8 Å². The quantitative estimate of drug-likeness (QED) is 0.556. The molecule has 0 aliphatic rings. The zero-order valence-electron chi connectivity index (χ0n) is 10.6. The van der Waals surface area contributed by atoms with Crippen LogP contribution in [0.4, 0.5) is 0 Å². The number of ether oxygens (including phenoxy) is 1. The Balaban J connectivity index is 3.60. The van der Waals surface area contributed by atoms with Crippen LogP contribution in [0.5, 0.6) is 0 Å². The van der Waals surface area contributed by atoms with Gasteiger partial charge >= 0.3 is 0 Å². The molecule has 16 heavy (non-hydrogen) atoms. The highest BCUT2D eigenvalue weighted by atomic mass is 16.5. The van der Waals surface area contributed by atoms with Gasteiger partial charge in [-0.2, -0.15) is 0 Å². The molecule has 0 aliphatic heterocycles. The van der Waals surface area contributed by atoms with E-state index in [1.54, 1.807) is 0 Å². The molecule has 4 heteroatoms. The van der Waals surface area contributed by atoms with Crippen LogP contribution in [0.3, 0.4) is 0 Å². The minimum absolute atomic E-state index is 0.0217. The van der Waals surface area contributed by atoms with Crippen molar-refractivity contribution in [3.8, 4) is 0 Å². The van der Waals surface area contributed by atoms with E-state index in [0.29, 0.717) is 19.1 Å². The molecule has 0 fully saturated rings. The number of nitrogens with one attached hydrogen (secondary N) is 1. The van der Waals surface area contributed by atoms with Crippen LogP contribution in [0.1, 0.15) is 39.5 Å². The largest absolute Gasteiger partial charge is 0.372 e. The van der Waals surface area contributed by atoms with Crippen LogP contribution in [-0.4, -0.2) is 32.2 Å². The van der Waals surface area contributed by atoms with Gasteiger partial charge in [-0.25, -0.2) is 0 Å². The Kier molecular flexibility index (Phi) is 10.5. The highest BCUT2D eigenvalue weighted by molar-refractivity contribution is 5.77. The third kappa shape index (κ3) is 8.68. The van der Waals surface area contributed by atoms with Crippen LogP contribution in [0, 0.1) is 5.92 Å². The Morgan fingerprint density at radius 1 is 1.31 bits per heavy atom. The highest BCUT2D eigenvalue weighted by Gasteiger charge is 2.08. The monoisotopic (exact) mass is 230 g/mol. The Morgan fingerprint density at radius 3 is 2.62 bits per heavy atom. The summed E-state index contributed by atoms with van der Waals surface area (Å²) in [6.45, 7) is 6.41. The van der Waals surface area contributed by atoms with Gasteiger partial charge in [-0.05, 0) is 31.7 Å². The average molecular weight is 230 g/mol. The number of carbonyl (C=O) groups is 1. The molecule has 0 saturated carbocycles. The average Bonchev–Trinajstić information content (AvgIpc) is 2.27. The summed E-state index contributed by atoms with van der Waals surface area (Å²) in [7, 11) is 0. The first kappa shape index (κ1) is 15.4. The van der Waals surface area contributed by atoms with Gasteiger partial charge in [0.1, 0.15) is 6.61 Å². The van der Waals surface area contributed by atoms with E-state index in [9.17, 15) is 4.79 Å². The molecule has 0 heterocycles. The zero-order chi connectivity index (χ0) is 12.2. The molecule has 0 aromatic heterocycles. The van der Waals surface area contributed by atoms with Crippen molar-refractivity contribution in [2.45, 2.75) is 39.5 Å². The number of hydrogen-bond donors (Lipinski definition) is 2. The van der Waals surface area contributed by atoms with Gasteiger partial charge in [0.25, 0.3) is 0 Å². The number of carbonyl (C=O) groups excluding carboxylic acids is 1. The lowest BCUT2D eigenvalue weighted by molar-refractivity contribution is -0.125. The smallest absolute Gasteiger partial charge is 0.246 e. The van der Waals surface area contributed by atoms with E-state index in [0.717, 1.165) is 32.2 Å². The van der Waals surface area contributed by atoms with Crippen molar-refractivity contribution in [2.75, 3.05) is 26.3 Å². The summed E-state index contributed by atoms with van der Waals surface area (Å²) >= 11 is 0. The molecule has 3 N–H and O–H groups in total. The second kappa shape index (κ2) is 10.9. The van der Waals surface area contributed by atoms with E-state index in [1.165, 1.54) is 0 Å². The molecule has 0 aliphatic carbocycles. The Morgan fingerprint density at radius 2 is 2.06 bits per heavy atom. The van der Waals surface area contributed by atoms with Crippen LogP contribution in [-0.2, 0) is 9.53 Å². The molecular weight excluding hydrogens is 204 g/mol. The third-order valence-electron chi connectivity index (χ3n) is 2.44. The van der Waals surface area contributed by atoms with Crippen molar-refractivity contribution in [3.05, 3.63) is 0 Å². The van der Waals surface area contributed by atoms with E-state index in [2.05, 4.69) is 12.2 Å². The number of nitrogens with two attached hydrogens (primary N) is 1. The molecule has 1 unspecified atom stereocenters. The van der Waals surface area contributed by atoms with Crippen LogP contribution >= 0.6 is 0 Å².